The third kappa shape index (κ3) is 3.87. The molecule has 2 aromatic heterocycles. The first-order valence-corrected chi connectivity index (χ1v) is 8.29. The predicted molar refractivity (Wildman–Crippen MR) is 91.6 cm³/mol. The summed E-state index contributed by atoms with van der Waals surface area (Å²) < 4.78 is 7.15. The number of ether oxygens (including phenoxy) is 1. The van der Waals surface area contributed by atoms with E-state index in [2.05, 4.69) is 20.5 Å². The molecule has 0 aliphatic carbocycles. The number of carbonyl (C=O) groups excluding carboxylic acids is 1. The number of morpholine rings is 1. The molecule has 0 aromatic carbocycles. The van der Waals surface area contributed by atoms with Gasteiger partial charge in [-0.2, -0.15) is 5.10 Å². The number of nitrogens with zero attached hydrogens (tertiary/aromatic N) is 4. The van der Waals surface area contributed by atoms with Crippen LogP contribution in [0.4, 0.5) is 5.82 Å². The highest BCUT2D eigenvalue weighted by atomic mass is 16.5. The Morgan fingerprint density at radius 2 is 2.36 bits per heavy atom. The van der Waals surface area contributed by atoms with Gasteiger partial charge in [-0.05, 0) is 12.5 Å². The highest BCUT2D eigenvalue weighted by Crippen LogP contribution is 2.11. The van der Waals surface area contributed by atoms with E-state index in [0.717, 1.165) is 12.1 Å². The van der Waals surface area contributed by atoms with Crippen LogP contribution in [0.25, 0.3) is 0 Å². The molecule has 0 saturated carbocycles. The molecule has 1 amide bonds. The zero-order valence-corrected chi connectivity index (χ0v) is 14.4. The standard InChI is InChI=1S/C16H22N6O3/c1-3-11-8-13(20-19-11)15(23)22-6-7-25-12(10-22)9-18-14-16(24)21(2)5-4-17-14/h4-5,8,12H,3,6-7,9-10H2,1-2H3,(H,17,18)(H,19,20)/t12-/m0/s1. The monoisotopic (exact) mass is 346 g/mol. The van der Waals surface area contributed by atoms with Gasteiger partial charge >= 0.3 is 0 Å². The van der Waals surface area contributed by atoms with E-state index >= 15 is 0 Å². The molecule has 9 heteroatoms. The van der Waals surface area contributed by atoms with Gasteiger partial charge in [0.15, 0.2) is 5.82 Å². The van der Waals surface area contributed by atoms with E-state index in [1.165, 1.54) is 4.57 Å². The quantitative estimate of drug-likeness (QED) is 0.791. The fraction of sp³-hybridized carbons (Fsp3) is 0.500. The average Bonchev–Trinajstić information content (AvgIpc) is 3.12. The Morgan fingerprint density at radius 1 is 1.52 bits per heavy atom. The van der Waals surface area contributed by atoms with E-state index < -0.39 is 0 Å². The molecule has 3 rings (SSSR count). The number of aryl methyl sites for hydroxylation is 2. The molecular weight excluding hydrogens is 324 g/mol. The molecule has 0 radical (unpaired) electrons. The average molecular weight is 346 g/mol. The summed E-state index contributed by atoms with van der Waals surface area (Å²) in [6.45, 7) is 3.81. The molecule has 3 heterocycles. The number of hydrogen-bond acceptors (Lipinski definition) is 6. The van der Waals surface area contributed by atoms with Crippen molar-refractivity contribution in [1.29, 1.82) is 0 Å². The van der Waals surface area contributed by atoms with Gasteiger partial charge in [-0.25, -0.2) is 4.98 Å². The Morgan fingerprint density at radius 3 is 3.12 bits per heavy atom. The summed E-state index contributed by atoms with van der Waals surface area (Å²) in [5, 5.41) is 9.94. The first-order valence-electron chi connectivity index (χ1n) is 8.29. The minimum atomic E-state index is -0.214. The number of H-pyrrole nitrogens is 1. The Hall–Kier alpha value is -2.68. The molecule has 9 nitrogen and oxygen atoms in total. The zero-order chi connectivity index (χ0) is 17.8. The lowest BCUT2D eigenvalue weighted by atomic mass is 10.2. The molecule has 1 fully saturated rings. The van der Waals surface area contributed by atoms with Crippen LogP contribution in [0.3, 0.4) is 0 Å². The van der Waals surface area contributed by atoms with Crippen molar-refractivity contribution in [1.82, 2.24) is 24.6 Å². The number of rotatable bonds is 5. The molecule has 0 bridgehead atoms. The zero-order valence-electron chi connectivity index (χ0n) is 14.4. The van der Waals surface area contributed by atoms with E-state index in [4.69, 9.17) is 4.74 Å². The summed E-state index contributed by atoms with van der Waals surface area (Å²) >= 11 is 0. The topological polar surface area (TPSA) is 105 Å². The number of anilines is 1. The van der Waals surface area contributed by atoms with Crippen molar-refractivity contribution in [2.75, 3.05) is 31.6 Å². The number of amides is 1. The second-order valence-electron chi connectivity index (χ2n) is 5.95. The van der Waals surface area contributed by atoms with Crippen molar-refractivity contribution >= 4 is 11.7 Å². The summed E-state index contributed by atoms with van der Waals surface area (Å²) in [4.78, 5) is 30.3. The lowest BCUT2D eigenvalue weighted by molar-refractivity contribution is -0.0152. The second kappa shape index (κ2) is 7.47. The molecule has 0 spiro atoms. The van der Waals surface area contributed by atoms with Crippen LogP contribution < -0.4 is 10.9 Å². The maximum absolute atomic E-state index is 12.5. The van der Waals surface area contributed by atoms with Crippen LogP contribution in [-0.4, -0.2) is 62.9 Å². The third-order valence-corrected chi connectivity index (χ3v) is 4.17. The minimum absolute atomic E-state index is 0.113. The van der Waals surface area contributed by atoms with Crippen LogP contribution in [0.1, 0.15) is 23.1 Å². The van der Waals surface area contributed by atoms with E-state index in [-0.39, 0.29) is 23.4 Å². The summed E-state index contributed by atoms with van der Waals surface area (Å²) in [5.74, 6) is 0.162. The number of aromatic nitrogens is 4. The fourth-order valence-electron chi connectivity index (χ4n) is 2.67. The van der Waals surface area contributed by atoms with Crippen LogP contribution in [0.5, 0.6) is 0 Å². The van der Waals surface area contributed by atoms with Gasteiger partial charge in [0, 0.05) is 44.8 Å². The Labute approximate surface area is 145 Å². The minimum Gasteiger partial charge on any atom is -0.373 e. The molecular formula is C16H22N6O3. The molecule has 2 N–H and O–H groups in total. The SMILES string of the molecule is CCc1cc(C(=O)N2CCO[C@@H](CNc3nccn(C)c3=O)C2)n[nH]1. The van der Waals surface area contributed by atoms with Gasteiger partial charge in [0.25, 0.3) is 11.5 Å². The van der Waals surface area contributed by atoms with E-state index in [1.54, 1.807) is 30.4 Å². The Balaban J connectivity index is 1.60. The number of carbonyl (C=O) groups is 1. The molecule has 2 aromatic rings. The smallest absolute Gasteiger partial charge is 0.293 e. The van der Waals surface area contributed by atoms with Crippen LogP contribution in [0, 0.1) is 0 Å². The highest BCUT2D eigenvalue weighted by molar-refractivity contribution is 5.92. The summed E-state index contributed by atoms with van der Waals surface area (Å²) in [6.07, 6.45) is 3.74. The van der Waals surface area contributed by atoms with Gasteiger partial charge in [-0.1, -0.05) is 6.92 Å². The summed E-state index contributed by atoms with van der Waals surface area (Å²) in [5.41, 5.74) is 1.15. The molecule has 1 aliphatic heterocycles. The highest BCUT2D eigenvalue weighted by Gasteiger charge is 2.26. The molecule has 134 valence electrons. The number of aromatic amines is 1. The maximum atomic E-state index is 12.5. The van der Waals surface area contributed by atoms with Crippen molar-refractivity contribution < 1.29 is 9.53 Å². The first-order chi connectivity index (χ1) is 12.1. The van der Waals surface area contributed by atoms with Gasteiger partial charge in [0.2, 0.25) is 0 Å². The molecule has 25 heavy (non-hydrogen) atoms. The van der Waals surface area contributed by atoms with Gasteiger partial charge in [-0.3, -0.25) is 14.7 Å². The van der Waals surface area contributed by atoms with Crippen molar-refractivity contribution in [3.8, 4) is 0 Å². The summed E-state index contributed by atoms with van der Waals surface area (Å²) in [6, 6.07) is 1.78. The lowest BCUT2D eigenvalue weighted by Gasteiger charge is -2.32. The van der Waals surface area contributed by atoms with Crippen molar-refractivity contribution in [3.63, 3.8) is 0 Å². The molecule has 1 atom stereocenters. The van der Waals surface area contributed by atoms with Gasteiger partial charge in [0.1, 0.15) is 5.69 Å². The maximum Gasteiger partial charge on any atom is 0.293 e. The van der Waals surface area contributed by atoms with Gasteiger partial charge in [0.05, 0.1) is 12.7 Å². The summed E-state index contributed by atoms with van der Waals surface area (Å²) in [7, 11) is 1.67. The van der Waals surface area contributed by atoms with Gasteiger partial charge in [-0.15, -0.1) is 0 Å². The normalized spacial score (nSPS) is 17.5. The van der Waals surface area contributed by atoms with Crippen molar-refractivity contribution in [2.45, 2.75) is 19.4 Å². The number of nitrogens with one attached hydrogen (secondary N) is 2. The van der Waals surface area contributed by atoms with Crippen molar-refractivity contribution in [2.24, 2.45) is 7.05 Å². The first kappa shape index (κ1) is 17.2. The largest absolute Gasteiger partial charge is 0.373 e. The van der Waals surface area contributed by atoms with Crippen LogP contribution in [-0.2, 0) is 18.2 Å². The lowest BCUT2D eigenvalue weighted by Crippen LogP contribution is -2.48. The molecule has 1 saturated heterocycles. The Bertz CT molecular complexity index is 799. The fourth-order valence-corrected chi connectivity index (χ4v) is 2.67. The third-order valence-electron chi connectivity index (χ3n) is 4.17. The molecule has 0 unspecified atom stereocenters. The van der Waals surface area contributed by atoms with Crippen LogP contribution in [0.2, 0.25) is 0 Å². The van der Waals surface area contributed by atoms with Crippen LogP contribution in [0.15, 0.2) is 23.3 Å². The van der Waals surface area contributed by atoms with Crippen molar-refractivity contribution in [3.05, 3.63) is 40.2 Å². The van der Waals surface area contributed by atoms with E-state index in [0.29, 0.717) is 31.9 Å². The Kier molecular flexibility index (Phi) is 5.13. The van der Waals surface area contributed by atoms with E-state index in [9.17, 15) is 9.59 Å². The second-order valence-corrected chi connectivity index (χ2v) is 5.95. The van der Waals surface area contributed by atoms with Crippen LogP contribution >= 0.6 is 0 Å². The van der Waals surface area contributed by atoms with E-state index in [1.807, 2.05) is 6.92 Å². The van der Waals surface area contributed by atoms with Gasteiger partial charge < -0.3 is 19.5 Å². The number of hydrogen-bond donors (Lipinski definition) is 2. The predicted octanol–water partition coefficient (Wildman–Crippen LogP) is 0.0189. The molecule has 1 aliphatic rings.